The molecule has 1 aromatic carbocycles. The van der Waals surface area contributed by atoms with Crippen molar-refractivity contribution in [3.8, 4) is 0 Å². The van der Waals surface area contributed by atoms with Gasteiger partial charge in [0, 0.05) is 18.0 Å². The van der Waals surface area contributed by atoms with Gasteiger partial charge in [0.15, 0.2) is 9.84 Å². The summed E-state index contributed by atoms with van der Waals surface area (Å²) in [5.74, 6) is -0.228. The minimum atomic E-state index is -3.76. The molecule has 8 heteroatoms. The molecule has 1 aromatic rings. The second-order valence-corrected chi connectivity index (χ2v) is 8.80. The topological polar surface area (TPSA) is 106 Å². The van der Waals surface area contributed by atoms with Crippen molar-refractivity contribution in [3.63, 3.8) is 0 Å². The maximum Gasteiger partial charge on any atom is 0.240 e. The average molecular weight is 320 g/mol. The second-order valence-electron chi connectivity index (χ2n) is 4.60. The molecule has 0 fully saturated rings. The third-order valence-corrected chi connectivity index (χ3v) is 6.37. The number of benzene rings is 1. The first-order valence-electron chi connectivity index (χ1n) is 6.16. The Bertz CT molecular complexity index is 694. The average Bonchev–Trinajstić information content (AvgIpc) is 2.33. The van der Waals surface area contributed by atoms with Gasteiger partial charge < -0.3 is 5.73 Å². The minimum Gasteiger partial charge on any atom is -0.399 e. The van der Waals surface area contributed by atoms with E-state index in [2.05, 4.69) is 4.72 Å². The molecule has 6 nitrogen and oxygen atoms in total. The number of sulfone groups is 1. The van der Waals surface area contributed by atoms with E-state index >= 15 is 0 Å². The zero-order chi connectivity index (χ0) is 15.6. The van der Waals surface area contributed by atoms with E-state index in [1.165, 1.54) is 13.0 Å². The van der Waals surface area contributed by atoms with Crippen LogP contribution in [0, 0.1) is 13.8 Å². The van der Waals surface area contributed by atoms with Crippen LogP contribution in [-0.2, 0) is 19.9 Å². The molecule has 0 aliphatic heterocycles. The van der Waals surface area contributed by atoms with Gasteiger partial charge in [-0.2, -0.15) is 0 Å². The van der Waals surface area contributed by atoms with Gasteiger partial charge in [-0.1, -0.05) is 6.92 Å². The summed E-state index contributed by atoms with van der Waals surface area (Å²) in [7, 11) is -6.96. The first-order chi connectivity index (χ1) is 9.09. The van der Waals surface area contributed by atoms with Crippen LogP contribution < -0.4 is 10.5 Å². The van der Waals surface area contributed by atoms with E-state index in [4.69, 9.17) is 5.73 Å². The molecule has 0 aliphatic rings. The Morgan fingerprint density at radius 1 is 1.15 bits per heavy atom. The minimum absolute atomic E-state index is 0.00878. The van der Waals surface area contributed by atoms with Crippen molar-refractivity contribution in [1.82, 2.24) is 4.72 Å². The summed E-state index contributed by atoms with van der Waals surface area (Å²) in [6, 6.07) is 3.06. The van der Waals surface area contributed by atoms with Crippen LogP contribution in [0.3, 0.4) is 0 Å². The fourth-order valence-electron chi connectivity index (χ4n) is 1.69. The lowest BCUT2D eigenvalue weighted by molar-refractivity contribution is 0.580. The van der Waals surface area contributed by atoms with E-state index in [-0.39, 0.29) is 22.9 Å². The molecule has 0 unspecified atom stereocenters. The Morgan fingerprint density at radius 2 is 1.75 bits per heavy atom. The summed E-state index contributed by atoms with van der Waals surface area (Å²) in [5.41, 5.74) is 7.38. The Hall–Kier alpha value is -1.12. The number of nitrogen functional groups attached to an aromatic ring is 1. The summed E-state index contributed by atoms with van der Waals surface area (Å²) in [6.07, 6.45) is 0. The first-order valence-corrected chi connectivity index (χ1v) is 9.46. The van der Waals surface area contributed by atoms with Crippen LogP contribution in [0.4, 0.5) is 5.69 Å². The lowest BCUT2D eigenvalue weighted by Gasteiger charge is -2.12. The first kappa shape index (κ1) is 16.9. The third-order valence-electron chi connectivity index (χ3n) is 3.08. The van der Waals surface area contributed by atoms with Crippen molar-refractivity contribution in [3.05, 3.63) is 23.3 Å². The number of hydrogen-bond acceptors (Lipinski definition) is 5. The monoisotopic (exact) mass is 320 g/mol. The fraction of sp³-hybridized carbons (Fsp3) is 0.500. The van der Waals surface area contributed by atoms with Crippen molar-refractivity contribution >= 4 is 25.5 Å². The molecule has 1 rings (SSSR count). The van der Waals surface area contributed by atoms with Gasteiger partial charge >= 0.3 is 0 Å². The van der Waals surface area contributed by atoms with Gasteiger partial charge in [-0.3, -0.25) is 0 Å². The quantitative estimate of drug-likeness (QED) is 0.747. The molecular weight excluding hydrogens is 300 g/mol. The van der Waals surface area contributed by atoms with Gasteiger partial charge in [-0.05, 0) is 37.1 Å². The molecule has 0 spiro atoms. The van der Waals surface area contributed by atoms with Gasteiger partial charge in [0.25, 0.3) is 0 Å². The number of anilines is 1. The lowest BCUT2D eigenvalue weighted by Crippen LogP contribution is -2.30. The van der Waals surface area contributed by atoms with Crippen LogP contribution in [0.25, 0.3) is 0 Å². The SMILES string of the molecule is CCS(=O)(=O)CCNS(=O)(=O)c1cc(N)cc(C)c1C. The molecule has 3 N–H and O–H groups in total. The van der Waals surface area contributed by atoms with Crippen LogP contribution in [0.1, 0.15) is 18.1 Å². The van der Waals surface area contributed by atoms with Crippen LogP contribution in [-0.4, -0.2) is 34.9 Å². The second kappa shape index (κ2) is 6.11. The molecule has 0 aliphatic carbocycles. The summed E-state index contributed by atoms with van der Waals surface area (Å²) < 4.78 is 49.3. The highest BCUT2D eigenvalue weighted by Crippen LogP contribution is 2.22. The molecule has 0 heterocycles. The van der Waals surface area contributed by atoms with Crippen LogP contribution in [0.5, 0.6) is 0 Å². The van der Waals surface area contributed by atoms with Crippen LogP contribution >= 0.6 is 0 Å². The van der Waals surface area contributed by atoms with E-state index in [0.717, 1.165) is 5.56 Å². The zero-order valence-corrected chi connectivity index (χ0v) is 13.4. The molecule has 0 aromatic heterocycles. The molecule has 0 amide bonds. The van der Waals surface area contributed by atoms with Crippen molar-refractivity contribution in [2.75, 3.05) is 23.8 Å². The number of rotatable bonds is 6. The highest BCUT2D eigenvalue weighted by atomic mass is 32.2. The molecule has 0 radical (unpaired) electrons. The molecule has 20 heavy (non-hydrogen) atoms. The number of nitrogens with two attached hydrogens (primary N) is 1. The summed E-state index contributed by atoms with van der Waals surface area (Å²) in [6.45, 7) is 4.83. The van der Waals surface area contributed by atoms with E-state index in [1.807, 2.05) is 0 Å². The van der Waals surface area contributed by atoms with Gasteiger partial charge in [-0.25, -0.2) is 21.6 Å². The summed E-state index contributed by atoms with van der Waals surface area (Å²) >= 11 is 0. The molecule has 0 bridgehead atoms. The highest BCUT2D eigenvalue weighted by Gasteiger charge is 2.19. The fourth-order valence-corrected chi connectivity index (χ4v) is 3.90. The van der Waals surface area contributed by atoms with Crippen molar-refractivity contribution in [1.29, 1.82) is 0 Å². The van der Waals surface area contributed by atoms with Gasteiger partial charge in [0.1, 0.15) is 0 Å². The smallest absolute Gasteiger partial charge is 0.240 e. The predicted octanol–water partition coefficient (Wildman–Crippen LogP) is 0.599. The Labute approximate surface area is 120 Å². The summed E-state index contributed by atoms with van der Waals surface area (Å²) in [4.78, 5) is 0.0869. The van der Waals surface area contributed by atoms with E-state index in [0.29, 0.717) is 11.3 Å². The predicted molar refractivity (Wildman–Crippen MR) is 79.8 cm³/mol. The Morgan fingerprint density at radius 3 is 2.30 bits per heavy atom. The maximum atomic E-state index is 12.2. The number of hydrogen-bond donors (Lipinski definition) is 2. The van der Waals surface area contributed by atoms with Crippen molar-refractivity contribution < 1.29 is 16.8 Å². The molecule has 0 saturated heterocycles. The number of sulfonamides is 1. The normalized spacial score (nSPS) is 12.6. The molecule has 0 saturated carbocycles. The standard InChI is InChI=1S/C12H20N2O4S2/c1-4-19(15,16)6-5-14-20(17,18)12-8-11(13)7-9(2)10(12)3/h7-8,14H,4-6,13H2,1-3H3. The number of nitrogens with one attached hydrogen (secondary N) is 1. The maximum absolute atomic E-state index is 12.2. The van der Waals surface area contributed by atoms with Gasteiger partial charge in [-0.15, -0.1) is 0 Å². The number of aryl methyl sites for hydroxylation is 1. The Balaban J connectivity index is 2.96. The molecular formula is C12H20N2O4S2. The highest BCUT2D eigenvalue weighted by molar-refractivity contribution is 7.91. The van der Waals surface area contributed by atoms with Gasteiger partial charge in [0.2, 0.25) is 10.0 Å². The van der Waals surface area contributed by atoms with Crippen LogP contribution in [0.15, 0.2) is 17.0 Å². The van der Waals surface area contributed by atoms with E-state index in [9.17, 15) is 16.8 Å². The third kappa shape index (κ3) is 4.19. The summed E-state index contributed by atoms with van der Waals surface area (Å²) in [5, 5.41) is 0. The molecule has 114 valence electrons. The van der Waals surface area contributed by atoms with Crippen LogP contribution in [0.2, 0.25) is 0 Å². The lowest BCUT2D eigenvalue weighted by atomic mass is 10.1. The zero-order valence-electron chi connectivity index (χ0n) is 11.8. The van der Waals surface area contributed by atoms with E-state index < -0.39 is 19.9 Å². The van der Waals surface area contributed by atoms with Gasteiger partial charge in [0.05, 0.1) is 10.6 Å². The molecule has 0 atom stereocenters. The van der Waals surface area contributed by atoms with E-state index in [1.54, 1.807) is 19.9 Å². The van der Waals surface area contributed by atoms with Crippen molar-refractivity contribution in [2.45, 2.75) is 25.7 Å². The Kier molecular flexibility index (Phi) is 5.17. The van der Waals surface area contributed by atoms with Crippen molar-refractivity contribution in [2.24, 2.45) is 0 Å². The largest absolute Gasteiger partial charge is 0.399 e.